The number of pyridine rings is 1. The Labute approximate surface area is 98.2 Å². The van der Waals surface area contributed by atoms with E-state index in [2.05, 4.69) is 15.3 Å². The van der Waals surface area contributed by atoms with E-state index in [4.69, 9.17) is 17.3 Å². The minimum atomic E-state index is -0.259. The minimum absolute atomic E-state index is 0.259. The van der Waals surface area contributed by atoms with Gasteiger partial charge in [0.2, 0.25) is 0 Å². The van der Waals surface area contributed by atoms with Crippen LogP contribution in [0.1, 0.15) is 17.4 Å². The van der Waals surface area contributed by atoms with Gasteiger partial charge in [0.05, 0.1) is 22.5 Å². The lowest BCUT2D eigenvalue weighted by molar-refractivity contribution is 0.677. The van der Waals surface area contributed by atoms with Crippen LogP contribution in [0.3, 0.4) is 0 Å². The first-order chi connectivity index (χ1) is 7.66. The van der Waals surface area contributed by atoms with Crippen LogP contribution in [0, 0.1) is 0 Å². The number of rotatable bonds is 3. The summed E-state index contributed by atoms with van der Waals surface area (Å²) in [7, 11) is 1.82. The van der Waals surface area contributed by atoms with Gasteiger partial charge in [-0.1, -0.05) is 16.8 Å². The lowest BCUT2D eigenvalue weighted by Gasteiger charge is -2.10. The first-order valence-corrected chi connectivity index (χ1v) is 5.26. The molecule has 2 aromatic heterocycles. The highest BCUT2D eigenvalue weighted by molar-refractivity contribution is 6.31. The van der Waals surface area contributed by atoms with Gasteiger partial charge in [-0.15, -0.1) is 5.10 Å². The Morgan fingerprint density at radius 2 is 2.38 bits per heavy atom. The second-order valence-electron chi connectivity index (χ2n) is 3.56. The smallest absolute Gasteiger partial charge is 0.0846 e. The third kappa shape index (κ3) is 2.37. The molecule has 0 spiro atoms. The molecular formula is C10H12ClN5. The Hall–Kier alpha value is -1.46. The van der Waals surface area contributed by atoms with Gasteiger partial charge in [0.1, 0.15) is 0 Å². The van der Waals surface area contributed by atoms with Gasteiger partial charge < -0.3 is 5.73 Å². The van der Waals surface area contributed by atoms with E-state index in [-0.39, 0.29) is 6.04 Å². The summed E-state index contributed by atoms with van der Waals surface area (Å²) in [5.41, 5.74) is 7.53. The van der Waals surface area contributed by atoms with Crippen molar-refractivity contribution < 1.29 is 0 Å². The molecule has 0 aliphatic heterocycles. The number of aromatic nitrogens is 4. The van der Waals surface area contributed by atoms with E-state index in [0.29, 0.717) is 17.1 Å². The van der Waals surface area contributed by atoms with Crippen LogP contribution in [-0.2, 0) is 13.5 Å². The molecule has 0 saturated carbocycles. The quantitative estimate of drug-likeness (QED) is 0.868. The standard InChI is InChI=1S/C10H12ClN5/c1-16-6-7(14-15-16)5-9(12)10-8(11)3-2-4-13-10/h2-4,6,9H,5,12H2,1H3. The molecular weight excluding hydrogens is 226 g/mol. The summed E-state index contributed by atoms with van der Waals surface area (Å²) >= 11 is 6.01. The van der Waals surface area contributed by atoms with E-state index in [9.17, 15) is 0 Å². The van der Waals surface area contributed by atoms with E-state index < -0.39 is 0 Å². The summed E-state index contributed by atoms with van der Waals surface area (Å²) in [6.07, 6.45) is 4.08. The molecule has 0 aromatic carbocycles. The molecule has 84 valence electrons. The first-order valence-electron chi connectivity index (χ1n) is 4.88. The molecule has 0 aliphatic rings. The fraction of sp³-hybridized carbons (Fsp3) is 0.300. The van der Waals surface area contributed by atoms with Crippen molar-refractivity contribution in [2.75, 3.05) is 0 Å². The summed E-state index contributed by atoms with van der Waals surface area (Å²) in [6, 6.07) is 3.30. The van der Waals surface area contributed by atoms with Crippen LogP contribution in [0.4, 0.5) is 0 Å². The Bertz CT molecular complexity index is 482. The molecule has 0 amide bonds. The van der Waals surface area contributed by atoms with Crippen LogP contribution in [0.5, 0.6) is 0 Å². The Morgan fingerprint density at radius 1 is 1.56 bits per heavy atom. The van der Waals surface area contributed by atoms with Crippen LogP contribution >= 0.6 is 11.6 Å². The van der Waals surface area contributed by atoms with Crippen molar-refractivity contribution in [2.24, 2.45) is 12.8 Å². The molecule has 2 heterocycles. The van der Waals surface area contributed by atoms with E-state index in [1.165, 1.54) is 0 Å². The highest BCUT2D eigenvalue weighted by Gasteiger charge is 2.13. The molecule has 6 heteroatoms. The zero-order valence-corrected chi connectivity index (χ0v) is 9.59. The molecule has 0 saturated heterocycles. The van der Waals surface area contributed by atoms with Crippen LogP contribution in [0.25, 0.3) is 0 Å². The molecule has 2 aromatic rings. The first kappa shape index (κ1) is 11.0. The van der Waals surface area contributed by atoms with Crippen LogP contribution < -0.4 is 5.73 Å². The number of nitrogens with zero attached hydrogens (tertiary/aromatic N) is 4. The molecule has 5 nitrogen and oxygen atoms in total. The van der Waals surface area contributed by atoms with Gasteiger partial charge in [0.15, 0.2) is 0 Å². The normalized spacial score (nSPS) is 12.7. The number of aryl methyl sites for hydroxylation is 1. The van der Waals surface area contributed by atoms with Gasteiger partial charge in [0, 0.05) is 25.9 Å². The van der Waals surface area contributed by atoms with Crippen molar-refractivity contribution in [3.63, 3.8) is 0 Å². The molecule has 2 rings (SSSR count). The van der Waals surface area contributed by atoms with Crippen LogP contribution in [0.15, 0.2) is 24.5 Å². The van der Waals surface area contributed by atoms with E-state index in [1.807, 2.05) is 13.2 Å². The maximum atomic E-state index is 6.01. The molecule has 16 heavy (non-hydrogen) atoms. The Balaban J connectivity index is 2.14. The highest BCUT2D eigenvalue weighted by atomic mass is 35.5. The Morgan fingerprint density at radius 3 is 3.00 bits per heavy atom. The fourth-order valence-corrected chi connectivity index (χ4v) is 1.74. The molecule has 2 N–H and O–H groups in total. The second-order valence-corrected chi connectivity index (χ2v) is 3.97. The highest BCUT2D eigenvalue weighted by Crippen LogP contribution is 2.20. The van der Waals surface area contributed by atoms with Gasteiger partial charge >= 0.3 is 0 Å². The van der Waals surface area contributed by atoms with Gasteiger partial charge in [-0.3, -0.25) is 9.67 Å². The van der Waals surface area contributed by atoms with Crippen molar-refractivity contribution in [3.8, 4) is 0 Å². The summed E-state index contributed by atoms with van der Waals surface area (Å²) in [4.78, 5) is 4.17. The van der Waals surface area contributed by atoms with Gasteiger partial charge in [-0.25, -0.2) is 0 Å². The van der Waals surface area contributed by atoms with Crippen LogP contribution in [0.2, 0.25) is 5.02 Å². The largest absolute Gasteiger partial charge is 0.322 e. The molecule has 1 atom stereocenters. The lowest BCUT2D eigenvalue weighted by atomic mass is 10.1. The molecule has 1 unspecified atom stereocenters. The topological polar surface area (TPSA) is 69.6 Å². The van der Waals surface area contributed by atoms with E-state index >= 15 is 0 Å². The molecule has 0 bridgehead atoms. The number of nitrogens with two attached hydrogens (primary N) is 1. The zero-order chi connectivity index (χ0) is 11.5. The average molecular weight is 238 g/mol. The predicted octanol–water partition coefficient (Wildman–Crippen LogP) is 1.11. The number of hydrogen-bond acceptors (Lipinski definition) is 4. The maximum absolute atomic E-state index is 6.01. The Kier molecular flexibility index (Phi) is 3.17. The monoisotopic (exact) mass is 237 g/mol. The van der Waals surface area contributed by atoms with Crippen LogP contribution in [-0.4, -0.2) is 20.0 Å². The summed E-state index contributed by atoms with van der Waals surface area (Å²) in [5.74, 6) is 0. The summed E-state index contributed by atoms with van der Waals surface area (Å²) < 4.78 is 1.64. The third-order valence-corrected chi connectivity index (χ3v) is 2.54. The summed E-state index contributed by atoms with van der Waals surface area (Å²) in [5, 5.41) is 8.40. The predicted molar refractivity (Wildman–Crippen MR) is 60.9 cm³/mol. The number of hydrogen-bond donors (Lipinski definition) is 1. The third-order valence-electron chi connectivity index (χ3n) is 2.22. The summed E-state index contributed by atoms with van der Waals surface area (Å²) in [6.45, 7) is 0. The van der Waals surface area contributed by atoms with Gasteiger partial charge in [0.25, 0.3) is 0 Å². The van der Waals surface area contributed by atoms with E-state index in [1.54, 1.807) is 23.0 Å². The van der Waals surface area contributed by atoms with Crippen molar-refractivity contribution >= 4 is 11.6 Å². The second kappa shape index (κ2) is 4.59. The van der Waals surface area contributed by atoms with Gasteiger partial charge in [-0.2, -0.15) is 0 Å². The van der Waals surface area contributed by atoms with Crippen molar-refractivity contribution in [1.82, 2.24) is 20.0 Å². The number of halogens is 1. The van der Waals surface area contributed by atoms with Crippen molar-refractivity contribution in [2.45, 2.75) is 12.5 Å². The molecule has 0 radical (unpaired) electrons. The van der Waals surface area contributed by atoms with Crippen molar-refractivity contribution in [1.29, 1.82) is 0 Å². The zero-order valence-electron chi connectivity index (χ0n) is 8.84. The van der Waals surface area contributed by atoms with E-state index in [0.717, 1.165) is 5.69 Å². The average Bonchev–Trinajstić information content (AvgIpc) is 2.64. The van der Waals surface area contributed by atoms with Gasteiger partial charge in [-0.05, 0) is 12.1 Å². The molecule has 0 fully saturated rings. The lowest BCUT2D eigenvalue weighted by Crippen LogP contribution is -2.15. The molecule has 0 aliphatic carbocycles. The fourth-order valence-electron chi connectivity index (χ4n) is 1.48. The SMILES string of the molecule is Cn1cc(CC(N)c2ncccc2Cl)nn1. The minimum Gasteiger partial charge on any atom is -0.322 e. The maximum Gasteiger partial charge on any atom is 0.0846 e. The van der Waals surface area contributed by atoms with Crippen molar-refractivity contribution in [3.05, 3.63) is 40.9 Å².